The Kier molecular flexibility index (Phi) is 6.22. The van der Waals surface area contributed by atoms with Crippen LogP contribution in [0.15, 0.2) is 60.8 Å². The average molecular weight is 466 g/mol. The summed E-state index contributed by atoms with van der Waals surface area (Å²) in [7, 11) is 1.79. The van der Waals surface area contributed by atoms with Gasteiger partial charge in [-0.2, -0.15) is 18.4 Å². The van der Waals surface area contributed by atoms with E-state index < -0.39 is 11.7 Å². The summed E-state index contributed by atoms with van der Waals surface area (Å²) in [5.41, 5.74) is 1.87. The molecule has 1 heterocycles. The van der Waals surface area contributed by atoms with E-state index in [1.54, 1.807) is 23.9 Å². The number of rotatable bonds is 5. The first kappa shape index (κ1) is 23.6. The van der Waals surface area contributed by atoms with Gasteiger partial charge in [0.05, 0.1) is 36.0 Å². The number of anilines is 1. The fourth-order valence-corrected chi connectivity index (χ4v) is 4.49. The highest BCUT2D eigenvalue weighted by atomic mass is 19.4. The molecular weight excluding hydrogens is 439 g/mol. The van der Waals surface area contributed by atoms with Crippen molar-refractivity contribution in [1.82, 2.24) is 15.0 Å². The summed E-state index contributed by atoms with van der Waals surface area (Å²) in [6.07, 6.45) is 1.07. The first-order valence-corrected chi connectivity index (χ1v) is 11.1. The van der Waals surface area contributed by atoms with Crippen LogP contribution in [0.4, 0.5) is 18.9 Å². The number of nitrogens with zero attached hydrogens (tertiary/aromatic N) is 5. The molecule has 0 spiro atoms. The third-order valence-corrected chi connectivity index (χ3v) is 6.51. The van der Waals surface area contributed by atoms with Crippen molar-refractivity contribution >= 4 is 11.3 Å². The van der Waals surface area contributed by atoms with Crippen molar-refractivity contribution in [2.45, 2.75) is 45.5 Å². The van der Waals surface area contributed by atoms with E-state index in [2.05, 4.69) is 30.2 Å². The summed E-state index contributed by atoms with van der Waals surface area (Å²) in [5.74, 6) is 0. The van der Waals surface area contributed by atoms with Crippen LogP contribution >= 0.6 is 0 Å². The van der Waals surface area contributed by atoms with E-state index in [0.29, 0.717) is 12.2 Å². The largest absolute Gasteiger partial charge is 0.417 e. The Balaban J connectivity index is 1.63. The van der Waals surface area contributed by atoms with Gasteiger partial charge in [0.15, 0.2) is 0 Å². The normalized spacial score (nSPS) is 17.7. The molecule has 176 valence electrons. The second kappa shape index (κ2) is 8.98. The van der Waals surface area contributed by atoms with E-state index in [1.165, 1.54) is 6.07 Å². The van der Waals surface area contributed by atoms with Crippen LogP contribution in [0.3, 0.4) is 0 Å². The van der Waals surface area contributed by atoms with Crippen molar-refractivity contribution in [2.24, 2.45) is 5.41 Å². The second-order valence-corrected chi connectivity index (χ2v) is 9.36. The molecule has 1 aliphatic rings. The lowest BCUT2D eigenvalue weighted by Gasteiger charge is -2.43. The maximum Gasteiger partial charge on any atom is 0.417 e. The van der Waals surface area contributed by atoms with E-state index >= 15 is 0 Å². The van der Waals surface area contributed by atoms with E-state index in [0.717, 1.165) is 35.7 Å². The van der Waals surface area contributed by atoms with Crippen LogP contribution < -0.4 is 4.90 Å². The third kappa shape index (κ3) is 4.84. The quantitative estimate of drug-likeness (QED) is 0.469. The molecule has 1 aliphatic carbocycles. The first-order valence-electron chi connectivity index (χ1n) is 11.1. The number of alkyl halides is 3. The van der Waals surface area contributed by atoms with Crippen LogP contribution in [0.1, 0.15) is 49.1 Å². The van der Waals surface area contributed by atoms with E-state index in [-0.39, 0.29) is 17.0 Å². The SMILES string of the molecule is CN(c1ccc(C#N)c(C(F)(F)F)c1)C1C=C(c2cn(Cc3ccccc3)nn2)CCC1(C)C. The van der Waals surface area contributed by atoms with Gasteiger partial charge in [-0.1, -0.05) is 55.5 Å². The minimum absolute atomic E-state index is 0.162. The molecule has 1 unspecified atom stereocenters. The van der Waals surface area contributed by atoms with Gasteiger partial charge in [-0.15, -0.1) is 5.10 Å². The number of nitriles is 1. The number of allylic oxidation sites excluding steroid dienone is 1. The highest BCUT2D eigenvalue weighted by Gasteiger charge is 2.38. The Morgan fingerprint density at radius 1 is 1.18 bits per heavy atom. The van der Waals surface area contributed by atoms with Gasteiger partial charge in [0.25, 0.3) is 0 Å². The van der Waals surface area contributed by atoms with Crippen LogP contribution in [0.2, 0.25) is 0 Å². The van der Waals surface area contributed by atoms with Crippen LogP contribution in [0, 0.1) is 16.7 Å². The Labute approximate surface area is 197 Å². The molecule has 3 aromatic rings. The van der Waals surface area contributed by atoms with Gasteiger partial charge in [0.1, 0.15) is 5.69 Å². The number of hydrogen-bond donors (Lipinski definition) is 0. The summed E-state index contributed by atoms with van der Waals surface area (Å²) >= 11 is 0. The van der Waals surface area contributed by atoms with Crippen LogP contribution in [-0.2, 0) is 12.7 Å². The number of hydrogen-bond acceptors (Lipinski definition) is 4. The molecule has 4 rings (SSSR count). The van der Waals surface area contributed by atoms with Crippen molar-refractivity contribution in [3.8, 4) is 6.07 Å². The molecular formula is C26H26F3N5. The lowest BCUT2D eigenvalue weighted by molar-refractivity contribution is -0.137. The van der Waals surface area contributed by atoms with Gasteiger partial charge < -0.3 is 4.90 Å². The van der Waals surface area contributed by atoms with Gasteiger partial charge in [-0.05, 0) is 47.6 Å². The molecule has 34 heavy (non-hydrogen) atoms. The maximum atomic E-state index is 13.5. The fourth-order valence-electron chi connectivity index (χ4n) is 4.49. The molecule has 1 atom stereocenters. The predicted molar refractivity (Wildman–Crippen MR) is 125 cm³/mol. The van der Waals surface area contributed by atoms with Gasteiger partial charge >= 0.3 is 6.18 Å². The van der Waals surface area contributed by atoms with Crippen LogP contribution in [0.5, 0.6) is 0 Å². The highest BCUT2D eigenvalue weighted by Crippen LogP contribution is 2.42. The summed E-state index contributed by atoms with van der Waals surface area (Å²) in [5, 5.41) is 17.7. The molecule has 8 heteroatoms. The molecule has 0 N–H and O–H groups in total. The Morgan fingerprint density at radius 3 is 2.59 bits per heavy atom. The first-order chi connectivity index (χ1) is 16.1. The van der Waals surface area contributed by atoms with Gasteiger partial charge in [-0.3, -0.25) is 0 Å². The molecule has 0 fully saturated rings. The van der Waals surface area contributed by atoms with Gasteiger partial charge in [-0.25, -0.2) is 4.68 Å². The number of benzene rings is 2. The molecule has 0 aliphatic heterocycles. The highest BCUT2D eigenvalue weighted by molar-refractivity contribution is 5.66. The summed E-state index contributed by atoms with van der Waals surface area (Å²) < 4.78 is 42.3. The Bertz CT molecular complexity index is 1240. The standard InChI is InChI=1S/C26H26F3N5/c1-25(2)12-11-19(23-17-34(32-31-23)16-18-7-5-4-6-8-18)13-24(25)33(3)21-10-9-20(15-30)22(14-21)26(27,28)29/h4-10,13-14,17,24H,11-12,16H2,1-3H3. The monoisotopic (exact) mass is 465 g/mol. The van der Waals surface area contributed by atoms with Crippen molar-refractivity contribution in [3.63, 3.8) is 0 Å². The molecule has 0 saturated carbocycles. The molecule has 2 aromatic carbocycles. The summed E-state index contributed by atoms with van der Waals surface area (Å²) in [6, 6.07) is 15.3. The zero-order valence-corrected chi connectivity index (χ0v) is 19.3. The number of aromatic nitrogens is 3. The smallest absolute Gasteiger partial charge is 0.368 e. The lowest BCUT2D eigenvalue weighted by atomic mass is 9.73. The maximum absolute atomic E-state index is 13.5. The number of likely N-dealkylation sites (N-methyl/N-ethyl adjacent to an activating group) is 1. The Morgan fingerprint density at radius 2 is 1.91 bits per heavy atom. The molecule has 0 amide bonds. The predicted octanol–water partition coefficient (Wildman–Crippen LogP) is 5.93. The van der Waals surface area contributed by atoms with Gasteiger partial charge in [0, 0.05) is 12.7 Å². The van der Waals surface area contributed by atoms with Gasteiger partial charge in [0.2, 0.25) is 0 Å². The summed E-state index contributed by atoms with van der Waals surface area (Å²) in [4.78, 5) is 1.85. The number of halogens is 3. The van der Waals surface area contributed by atoms with Crippen molar-refractivity contribution < 1.29 is 13.2 Å². The molecule has 0 radical (unpaired) electrons. The topological polar surface area (TPSA) is 57.7 Å². The van der Waals surface area contributed by atoms with Crippen LogP contribution in [0.25, 0.3) is 5.57 Å². The third-order valence-electron chi connectivity index (χ3n) is 6.51. The molecule has 1 aromatic heterocycles. The van der Waals surface area contributed by atoms with Crippen molar-refractivity contribution in [2.75, 3.05) is 11.9 Å². The minimum Gasteiger partial charge on any atom is -0.368 e. The second-order valence-electron chi connectivity index (χ2n) is 9.36. The lowest BCUT2D eigenvalue weighted by Crippen LogP contribution is -2.44. The summed E-state index contributed by atoms with van der Waals surface area (Å²) in [6.45, 7) is 4.84. The minimum atomic E-state index is -4.59. The fraction of sp³-hybridized carbons (Fsp3) is 0.346. The van der Waals surface area contributed by atoms with E-state index in [1.807, 2.05) is 41.4 Å². The van der Waals surface area contributed by atoms with E-state index in [9.17, 15) is 13.2 Å². The molecule has 5 nitrogen and oxygen atoms in total. The average Bonchev–Trinajstić information content (AvgIpc) is 3.26. The zero-order chi connectivity index (χ0) is 24.5. The zero-order valence-electron chi connectivity index (χ0n) is 19.3. The van der Waals surface area contributed by atoms with Crippen molar-refractivity contribution in [3.05, 3.63) is 83.2 Å². The van der Waals surface area contributed by atoms with E-state index in [4.69, 9.17) is 5.26 Å². The molecule has 0 bridgehead atoms. The Hall–Kier alpha value is -3.60. The van der Waals surface area contributed by atoms with Crippen molar-refractivity contribution in [1.29, 1.82) is 5.26 Å². The molecule has 0 saturated heterocycles. The van der Waals surface area contributed by atoms with Crippen LogP contribution in [-0.4, -0.2) is 28.1 Å².